The number of hydrogen-bond donors (Lipinski definition) is 2. The normalized spacial score (nSPS) is 59.2. The van der Waals surface area contributed by atoms with Crippen molar-refractivity contribution in [1.82, 2.24) is 0 Å². The Morgan fingerprint density at radius 2 is 1.72 bits per heavy atom. The molecule has 6 fully saturated rings. The molecule has 9 heteroatoms. The predicted molar refractivity (Wildman–Crippen MR) is 90.6 cm³/mol. The molecule has 0 aromatic heterocycles. The molecule has 0 radical (unpaired) electrons. The van der Waals surface area contributed by atoms with Crippen molar-refractivity contribution in [3.05, 3.63) is 0 Å². The van der Waals surface area contributed by atoms with Crippen molar-refractivity contribution in [3.8, 4) is 0 Å². The highest BCUT2D eigenvalue weighted by Crippen LogP contribution is 2.84. The van der Waals surface area contributed by atoms with Crippen molar-refractivity contribution in [2.75, 3.05) is 0 Å². The molecule has 0 aromatic carbocycles. The SMILES string of the molecule is C[C@@H]1C(=O)O[C@H]2C[C@@]34[C@@H]5C[C@@H](C(C)(C)C)[C@]36[C@H](OC(=O)[C@@H]6O)O[C@@]4(C(=O)O5)[C@]21O. The summed E-state index contributed by atoms with van der Waals surface area (Å²) in [5, 5.41) is 23.0. The van der Waals surface area contributed by atoms with Gasteiger partial charge >= 0.3 is 17.9 Å². The maximum atomic E-state index is 13.3. The molecule has 4 heterocycles. The molecule has 4 aliphatic heterocycles. The summed E-state index contributed by atoms with van der Waals surface area (Å²) in [6.45, 7) is 7.47. The average Bonchev–Trinajstić information content (AvgIpc) is 3.31. The number of aliphatic hydroxyl groups excluding tert-OH is 1. The monoisotopic (exact) mass is 408 g/mol. The van der Waals surface area contributed by atoms with E-state index in [9.17, 15) is 24.6 Å². The molecule has 4 saturated heterocycles. The zero-order chi connectivity index (χ0) is 20.9. The molecule has 158 valence electrons. The highest BCUT2D eigenvalue weighted by molar-refractivity contribution is 5.93. The lowest BCUT2D eigenvalue weighted by Gasteiger charge is -2.46. The van der Waals surface area contributed by atoms with Gasteiger partial charge in [-0.1, -0.05) is 20.8 Å². The summed E-state index contributed by atoms with van der Waals surface area (Å²) in [7, 11) is 0. The number of aliphatic hydroxyl groups is 2. The van der Waals surface area contributed by atoms with Crippen LogP contribution >= 0.6 is 0 Å². The third kappa shape index (κ3) is 1.35. The van der Waals surface area contributed by atoms with E-state index >= 15 is 0 Å². The highest BCUT2D eigenvalue weighted by Gasteiger charge is 3.01. The van der Waals surface area contributed by atoms with Crippen LogP contribution in [0.2, 0.25) is 0 Å². The third-order valence-electron chi connectivity index (χ3n) is 8.97. The molecule has 10 atom stereocenters. The fourth-order valence-corrected chi connectivity index (χ4v) is 8.06. The molecule has 2 saturated carbocycles. The van der Waals surface area contributed by atoms with E-state index in [1.54, 1.807) is 0 Å². The second-order valence-electron chi connectivity index (χ2n) is 10.6. The van der Waals surface area contributed by atoms with Crippen LogP contribution in [0.3, 0.4) is 0 Å². The topological polar surface area (TPSA) is 129 Å². The molecule has 0 amide bonds. The Kier molecular flexibility index (Phi) is 2.79. The number of carbonyl (C=O) groups excluding carboxylic acids is 3. The van der Waals surface area contributed by atoms with Crippen LogP contribution in [0.15, 0.2) is 0 Å². The number of hydrogen-bond acceptors (Lipinski definition) is 9. The van der Waals surface area contributed by atoms with Gasteiger partial charge in [0.1, 0.15) is 12.2 Å². The van der Waals surface area contributed by atoms with Crippen LogP contribution in [0.1, 0.15) is 40.5 Å². The van der Waals surface area contributed by atoms with Crippen LogP contribution < -0.4 is 0 Å². The molecule has 2 aliphatic carbocycles. The van der Waals surface area contributed by atoms with Gasteiger partial charge in [0.05, 0.1) is 16.7 Å². The van der Waals surface area contributed by atoms with E-state index in [1.165, 1.54) is 6.92 Å². The molecule has 6 aliphatic rings. The Balaban J connectivity index is 1.68. The van der Waals surface area contributed by atoms with Gasteiger partial charge < -0.3 is 29.2 Å². The van der Waals surface area contributed by atoms with E-state index in [0.29, 0.717) is 6.42 Å². The molecular formula is C20H24O9. The van der Waals surface area contributed by atoms with Gasteiger partial charge in [-0.3, -0.25) is 4.79 Å². The van der Waals surface area contributed by atoms with E-state index < -0.39 is 70.5 Å². The molecule has 0 unspecified atom stereocenters. The number of fused-ring (bicyclic) bond motifs is 1. The van der Waals surface area contributed by atoms with Crippen LogP contribution in [0.5, 0.6) is 0 Å². The maximum Gasteiger partial charge on any atom is 0.342 e. The maximum absolute atomic E-state index is 13.3. The average molecular weight is 408 g/mol. The smallest absolute Gasteiger partial charge is 0.342 e. The van der Waals surface area contributed by atoms with E-state index in [0.717, 1.165) is 0 Å². The number of carbonyl (C=O) groups is 3. The lowest BCUT2D eigenvalue weighted by Crippen LogP contribution is -2.66. The van der Waals surface area contributed by atoms with Gasteiger partial charge in [-0.05, 0) is 24.7 Å². The van der Waals surface area contributed by atoms with E-state index in [-0.39, 0.29) is 17.8 Å². The van der Waals surface area contributed by atoms with Gasteiger partial charge in [0, 0.05) is 6.42 Å². The summed E-state index contributed by atoms with van der Waals surface area (Å²) in [6.07, 6.45) is -3.96. The van der Waals surface area contributed by atoms with Crippen LogP contribution in [0, 0.1) is 28.1 Å². The van der Waals surface area contributed by atoms with Gasteiger partial charge in [-0.15, -0.1) is 0 Å². The largest absolute Gasteiger partial charge is 0.459 e. The molecule has 0 bridgehead atoms. The minimum Gasteiger partial charge on any atom is -0.459 e. The summed E-state index contributed by atoms with van der Waals surface area (Å²) >= 11 is 0. The Labute approximate surface area is 166 Å². The van der Waals surface area contributed by atoms with Gasteiger partial charge in [-0.25, -0.2) is 9.59 Å². The van der Waals surface area contributed by atoms with Crippen molar-refractivity contribution in [2.24, 2.45) is 28.1 Å². The number of esters is 3. The quantitative estimate of drug-likeness (QED) is 0.408. The second-order valence-corrected chi connectivity index (χ2v) is 10.6. The molecule has 6 rings (SSSR count). The first-order valence-corrected chi connectivity index (χ1v) is 10.1. The van der Waals surface area contributed by atoms with Gasteiger partial charge in [0.15, 0.2) is 11.7 Å². The lowest BCUT2D eigenvalue weighted by atomic mass is 9.51. The fourth-order valence-electron chi connectivity index (χ4n) is 8.06. The fraction of sp³-hybridized carbons (Fsp3) is 0.850. The second kappa shape index (κ2) is 4.48. The van der Waals surface area contributed by atoms with Crippen molar-refractivity contribution < 1.29 is 43.5 Å². The van der Waals surface area contributed by atoms with Crippen molar-refractivity contribution >= 4 is 17.9 Å². The number of rotatable bonds is 0. The summed E-state index contributed by atoms with van der Waals surface area (Å²) in [4.78, 5) is 38.1. The summed E-state index contributed by atoms with van der Waals surface area (Å²) < 4.78 is 22.9. The minimum atomic E-state index is -1.97. The minimum absolute atomic E-state index is 0.0623. The van der Waals surface area contributed by atoms with Crippen LogP contribution in [0.25, 0.3) is 0 Å². The first kappa shape index (κ1) is 18.1. The van der Waals surface area contributed by atoms with Crippen LogP contribution in [-0.2, 0) is 33.3 Å². The van der Waals surface area contributed by atoms with E-state index in [1.807, 2.05) is 20.8 Å². The van der Waals surface area contributed by atoms with Gasteiger partial charge in [-0.2, -0.15) is 0 Å². The summed E-state index contributed by atoms with van der Waals surface area (Å²) in [6, 6.07) is 0. The first-order valence-electron chi connectivity index (χ1n) is 10.1. The summed E-state index contributed by atoms with van der Waals surface area (Å²) in [5.41, 5.74) is -6.81. The molecular weight excluding hydrogens is 384 g/mol. The lowest BCUT2D eigenvalue weighted by molar-refractivity contribution is -0.238. The van der Waals surface area contributed by atoms with Crippen molar-refractivity contribution in [2.45, 2.75) is 76.3 Å². The Morgan fingerprint density at radius 1 is 1.03 bits per heavy atom. The molecule has 9 nitrogen and oxygen atoms in total. The molecule has 2 N–H and O–H groups in total. The highest BCUT2D eigenvalue weighted by atomic mass is 16.8. The molecule has 2 spiro atoms. The molecule has 0 aromatic rings. The van der Waals surface area contributed by atoms with E-state index in [2.05, 4.69) is 0 Å². The Hall–Kier alpha value is -1.71. The Bertz CT molecular complexity index is 893. The molecule has 29 heavy (non-hydrogen) atoms. The van der Waals surface area contributed by atoms with Crippen molar-refractivity contribution in [3.63, 3.8) is 0 Å². The van der Waals surface area contributed by atoms with E-state index in [4.69, 9.17) is 18.9 Å². The van der Waals surface area contributed by atoms with Crippen LogP contribution in [-0.4, -0.2) is 63.9 Å². The zero-order valence-corrected chi connectivity index (χ0v) is 16.6. The zero-order valence-electron chi connectivity index (χ0n) is 16.6. The van der Waals surface area contributed by atoms with Gasteiger partial charge in [0.2, 0.25) is 11.9 Å². The van der Waals surface area contributed by atoms with Crippen LogP contribution in [0.4, 0.5) is 0 Å². The number of ether oxygens (including phenoxy) is 4. The van der Waals surface area contributed by atoms with Gasteiger partial charge in [0.25, 0.3) is 0 Å². The third-order valence-corrected chi connectivity index (χ3v) is 8.97. The summed E-state index contributed by atoms with van der Waals surface area (Å²) in [5.74, 6) is -3.52. The first-order chi connectivity index (χ1) is 13.4. The standard InChI is InChI=1S/C20H24O9/c1-7-12(22)26-10-6-17-9-5-8(16(2,3)4)18(17)11(21)13(23)28-15(18)29-20(17,14(24)27-9)19(7,10)25/h7-11,15,21,25H,5-6H2,1-4H3/t7-,8+,9+,10+,11+,15-,17-,18+,19-,20-/m1/s1. The predicted octanol–water partition coefficient (Wildman–Crippen LogP) is -0.340. The Morgan fingerprint density at radius 3 is 2.38 bits per heavy atom. The van der Waals surface area contributed by atoms with Crippen molar-refractivity contribution in [1.29, 1.82) is 0 Å².